The van der Waals surface area contributed by atoms with Crippen LogP contribution < -0.4 is 15.5 Å². The standard InChI is InChI=1S/C28H33ClN10O2/c1-28(2,40)23-16-38(9-10-41-23)19-5-7-37(8-6-19)22-12-17(13-30)11-21(24(22)29)34-27-35-25(33-18-3-4-18)26-32-15-20(14-31)39(26)36-27/h11-12,15,18-19,23,40H,3-10,16H2,1-2H3,(H2,33,34,35,36). The highest BCUT2D eigenvalue weighted by Crippen LogP contribution is 2.38. The number of aliphatic hydroxyl groups is 1. The van der Waals surface area contributed by atoms with Crippen molar-refractivity contribution in [2.24, 2.45) is 0 Å². The Balaban J connectivity index is 1.22. The maximum absolute atomic E-state index is 10.4. The van der Waals surface area contributed by atoms with Gasteiger partial charge in [-0.3, -0.25) is 4.90 Å². The average molecular weight is 577 g/mol. The van der Waals surface area contributed by atoms with Gasteiger partial charge in [-0.05, 0) is 51.7 Å². The number of nitrogens with one attached hydrogen (secondary N) is 2. The summed E-state index contributed by atoms with van der Waals surface area (Å²) in [6.07, 6.45) is 5.22. The molecule has 2 aromatic heterocycles. The third kappa shape index (κ3) is 5.74. The number of piperidine rings is 1. The van der Waals surface area contributed by atoms with Gasteiger partial charge in [0.05, 0.1) is 52.5 Å². The van der Waals surface area contributed by atoms with Crippen LogP contribution in [-0.2, 0) is 4.74 Å². The molecule has 0 radical (unpaired) electrons. The third-order valence-corrected chi connectivity index (χ3v) is 8.43. The highest BCUT2D eigenvalue weighted by atomic mass is 35.5. The summed E-state index contributed by atoms with van der Waals surface area (Å²) >= 11 is 6.95. The fraction of sp³-hybridized carbons (Fsp3) is 0.536. The minimum atomic E-state index is -0.884. The summed E-state index contributed by atoms with van der Waals surface area (Å²) in [5.41, 5.74) is 1.64. The Morgan fingerprint density at radius 3 is 2.59 bits per heavy atom. The van der Waals surface area contributed by atoms with Crippen molar-refractivity contribution in [1.82, 2.24) is 24.5 Å². The molecule has 12 nitrogen and oxygen atoms in total. The fourth-order valence-electron chi connectivity index (χ4n) is 5.54. The molecule has 1 atom stereocenters. The first-order valence-electron chi connectivity index (χ1n) is 14.0. The molecule has 3 fully saturated rings. The van der Waals surface area contributed by atoms with Crippen LogP contribution in [0, 0.1) is 22.7 Å². The Bertz CT molecular complexity index is 1530. The molecule has 2 saturated heterocycles. The summed E-state index contributed by atoms with van der Waals surface area (Å²) in [6.45, 7) is 7.32. The smallest absolute Gasteiger partial charge is 0.247 e. The predicted octanol–water partition coefficient (Wildman–Crippen LogP) is 3.28. The third-order valence-electron chi connectivity index (χ3n) is 8.03. The Morgan fingerprint density at radius 2 is 1.90 bits per heavy atom. The molecular weight excluding hydrogens is 544 g/mol. The van der Waals surface area contributed by atoms with E-state index in [1.165, 1.54) is 10.7 Å². The number of benzene rings is 1. The first-order chi connectivity index (χ1) is 19.7. The summed E-state index contributed by atoms with van der Waals surface area (Å²) in [4.78, 5) is 13.6. The maximum atomic E-state index is 10.4. The number of rotatable bonds is 7. The Morgan fingerprint density at radius 1 is 1.12 bits per heavy atom. The van der Waals surface area contributed by atoms with Gasteiger partial charge in [-0.2, -0.15) is 20.0 Å². The quantitative estimate of drug-likeness (QED) is 0.380. The Labute approximate surface area is 243 Å². The number of nitriles is 2. The van der Waals surface area contributed by atoms with E-state index in [-0.39, 0.29) is 12.1 Å². The van der Waals surface area contributed by atoms with Crippen LogP contribution in [0.2, 0.25) is 5.02 Å². The van der Waals surface area contributed by atoms with Crippen molar-refractivity contribution >= 4 is 40.4 Å². The van der Waals surface area contributed by atoms with E-state index in [1.54, 1.807) is 19.9 Å². The number of aromatic nitrogens is 4. The summed E-state index contributed by atoms with van der Waals surface area (Å²) in [7, 11) is 0. The number of nitrogens with zero attached hydrogens (tertiary/aromatic N) is 8. The second-order valence-electron chi connectivity index (χ2n) is 11.5. The molecule has 3 N–H and O–H groups in total. The van der Waals surface area contributed by atoms with Crippen LogP contribution in [0.15, 0.2) is 18.3 Å². The number of ether oxygens (including phenoxy) is 1. The van der Waals surface area contributed by atoms with Gasteiger partial charge in [-0.15, -0.1) is 5.10 Å². The average Bonchev–Trinajstić information content (AvgIpc) is 3.69. The number of anilines is 4. The van der Waals surface area contributed by atoms with E-state index in [4.69, 9.17) is 16.3 Å². The van der Waals surface area contributed by atoms with Gasteiger partial charge < -0.3 is 25.4 Å². The van der Waals surface area contributed by atoms with E-state index >= 15 is 0 Å². The van der Waals surface area contributed by atoms with Crippen LogP contribution in [0.1, 0.15) is 50.8 Å². The van der Waals surface area contributed by atoms with Gasteiger partial charge in [0.1, 0.15) is 6.07 Å². The van der Waals surface area contributed by atoms with Gasteiger partial charge in [0, 0.05) is 38.3 Å². The SMILES string of the molecule is CC(C)(O)C1CN(C2CCN(c3cc(C#N)cc(Nc4nc(NC5CC5)c5ncc(C#N)n5n4)c3Cl)CC2)CCO1. The molecule has 2 aliphatic heterocycles. The largest absolute Gasteiger partial charge is 0.388 e. The van der Waals surface area contributed by atoms with Crippen LogP contribution in [0.3, 0.4) is 0 Å². The molecule has 0 amide bonds. The van der Waals surface area contributed by atoms with Gasteiger partial charge >= 0.3 is 0 Å². The van der Waals surface area contributed by atoms with E-state index in [0.717, 1.165) is 51.0 Å². The number of imidazole rings is 1. The van der Waals surface area contributed by atoms with Crippen LogP contribution in [0.4, 0.5) is 23.1 Å². The number of hydrogen-bond acceptors (Lipinski definition) is 11. The Kier molecular flexibility index (Phi) is 7.34. The lowest BCUT2D eigenvalue weighted by Crippen LogP contribution is -2.56. The first kappa shape index (κ1) is 27.5. The first-order valence-corrected chi connectivity index (χ1v) is 14.4. The number of fused-ring (bicyclic) bond motifs is 1. The van der Waals surface area contributed by atoms with E-state index in [2.05, 4.69) is 47.6 Å². The van der Waals surface area contributed by atoms with Crippen molar-refractivity contribution in [2.45, 2.75) is 63.3 Å². The van der Waals surface area contributed by atoms with Gasteiger partial charge in [-0.1, -0.05) is 11.6 Å². The van der Waals surface area contributed by atoms with Crippen LogP contribution in [0.25, 0.3) is 5.65 Å². The summed E-state index contributed by atoms with van der Waals surface area (Å²) in [5.74, 6) is 0.779. The van der Waals surface area contributed by atoms with Gasteiger partial charge in [0.15, 0.2) is 17.2 Å². The molecule has 13 heteroatoms. The monoisotopic (exact) mass is 576 g/mol. The summed E-state index contributed by atoms with van der Waals surface area (Å²) < 4.78 is 7.29. The van der Waals surface area contributed by atoms with Crippen LogP contribution >= 0.6 is 11.6 Å². The molecular formula is C28H33ClN10O2. The van der Waals surface area contributed by atoms with E-state index < -0.39 is 5.60 Å². The van der Waals surface area contributed by atoms with Gasteiger partial charge in [-0.25, -0.2) is 4.98 Å². The number of hydrogen-bond donors (Lipinski definition) is 3. The van der Waals surface area contributed by atoms with Gasteiger partial charge in [0.2, 0.25) is 5.95 Å². The van der Waals surface area contributed by atoms with Gasteiger partial charge in [0.25, 0.3) is 0 Å². The second kappa shape index (κ2) is 11.0. The molecule has 0 bridgehead atoms. The molecule has 41 heavy (non-hydrogen) atoms. The van der Waals surface area contributed by atoms with Crippen molar-refractivity contribution in [3.8, 4) is 12.1 Å². The molecule has 1 aliphatic carbocycles. The van der Waals surface area contributed by atoms with Crippen molar-refractivity contribution < 1.29 is 9.84 Å². The lowest BCUT2D eigenvalue weighted by atomic mass is 9.96. The second-order valence-corrected chi connectivity index (χ2v) is 11.9. The molecule has 4 heterocycles. The van der Waals surface area contributed by atoms with E-state index in [0.29, 0.717) is 58.7 Å². The topological polar surface area (TPSA) is 151 Å². The number of morpholine rings is 1. The predicted molar refractivity (Wildman–Crippen MR) is 154 cm³/mol. The zero-order valence-electron chi connectivity index (χ0n) is 23.1. The van der Waals surface area contributed by atoms with Crippen molar-refractivity contribution in [1.29, 1.82) is 10.5 Å². The zero-order valence-corrected chi connectivity index (χ0v) is 23.9. The number of halogens is 1. The molecule has 1 aromatic carbocycles. The molecule has 3 aliphatic rings. The molecule has 1 unspecified atom stereocenters. The minimum absolute atomic E-state index is 0.211. The highest BCUT2D eigenvalue weighted by Gasteiger charge is 2.36. The summed E-state index contributed by atoms with van der Waals surface area (Å²) in [6, 6.07) is 8.57. The maximum Gasteiger partial charge on any atom is 0.247 e. The van der Waals surface area contributed by atoms with E-state index in [1.807, 2.05) is 6.07 Å². The fourth-order valence-corrected chi connectivity index (χ4v) is 5.82. The van der Waals surface area contributed by atoms with Crippen molar-refractivity contribution in [3.63, 3.8) is 0 Å². The lowest BCUT2D eigenvalue weighted by molar-refractivity contribution is -0.134. The lowest BCUT2D eigenvalue weighted by Gasteiger charge is -2.45. The molecule has 214 valence electrons. The molecule has 1 saturated carbocycles. The Hall–Kier alpha value is -3.68. The van der Waals surface area contributed by atoms with Crippen molar-refractivity contribution in [3.05, 3.63) is 34.6 Å². The summed E-state index contributed by atoms with van der Waals surface area (Å²) in [5, 5.41) is 41.3. The minimum Gasteiger partial charge on any atom is -0.388 e. The van der Waals surface area contributed by atoms with Crippen LogP contribution in [-0.4, -0.2) is 86.2 Å². The molecule has 6 rings (SSSR count). The molecule has 0 spiro atoms. The van der Waals surface area contributed by atoms with E-state index in [9.17, 15) is 15.6 Å². The highest BCUT2D eigenvalue weighted by molar-refractivity contribution is 6.36. The zero-order chi connectivity index (χ0) is 28.7. The normalized spacial score (nSPS) is 20.5. The molecule has 3 aromatic rings. The van der Waals surface area contributed by atoms with Crippen LogP contribution in [0.5, 0.6) is 0 Å². The van der Waals surface area contributed by atoms with Crippen molar-refractivity contribution in [2.75, 3.05) is 48.3 Å².